The maximum Gasteiger partial charge on any atom is 0.324 e. The van der Waals surface area contributed by atoms with Gasteiger partial charge in [0.15, 0.2) is 0 Å². The molecule has 116 valence electrons. The van der Waals surface area contributed by atoms with Crippen molar-refractivity contribution in [2.75, 3.05) is 5.32 Å². The van der Waals surface area contributed by atoms with Gasteiger partial charge in [-0.2, -0.15) is 0 Å². The largest absolute Gasteiger partial charge is 0.403 e. The molecule has 0 saturated carbocycles. The van der Waals surface area contributed by atoms with Crippen LogP contribution in [-0.4, -0.2) is 21.0 Å². The number of nitro groups is 1. The molecular formula is C13H7BrN4O4S. The zero-order valence-corrected chi connectivity index (χ0v) is 13.6. The standard InChI is InChI=1S/C13H7BrN4O4S/c14-8-3-1-2-7(6-8)12-16-17-13(22-12)15-11(19)9-4-5-10(23-9)18(20)21/h1-6H,(H,15,17,19). The lowest BCUT2D eigenvalue weighted by atomic mass is 10.2. The molecule has 1 amide bonds. The molecule has 8 nitrogen and oxygen atoms in total. The number of aromatic nitrogens is 2. The molecule has 3 aromatic rings. The zero-order valence-electron chi connectivity index (χ0n) is 11.2. The van der Waals surface area contributed by atoms with Crippen LogP contribution < -0.4 is 5.32 Å². The summed E-state index contributed by atoms with van der Waals surface area (Å²) in [5.41, 5.74) is 0.694. The van der Waals surface area contributed by atoms with Gasteiger partial charge in [-0.25, -0.2) is 0 Å². The molecule has 0 aliphatic carbocycles. The Bertz CT molecular complexity index is 891. The third kappa shape index (κ3) is 3.43. The first-order valence-electron chi connectivity index (χ1n) is 6.18. The molecule has 0 aliphatic heterocycles. The Balaban J connectivity index is 1.75. The highest BCUT2D eigenvalue weighted by Crippen LogP contribution is 2.26. The number of amides is 1. The summed E-state index contributed by atoms with van der Waals surface area (Å²) >= 11 is 4.10. The van der Waals surface area contributed by atoms with Gasteiger partial charge >= 0.3 is 11.0 Å². The number of hydrogen-bond donors (Lipinski definition) is 1. The Kier molecular flexibility index (Phi) is 4.17. The number of hydrogen-bond acceptors (Lipinski definition) is 7. The first-order chi connectivity index (χ1) is 11.0. The highest BCUT2D eigenvalue weighted by atomic mass is 79.9. The van der Waals surface area contributed by atoms with Crippen LogP contribution in [0.5, 0.6) is 0 Å². The van der Waals surface area contributed by atoms with E-state index >= 15 is 0 Å². The summed E-state index contributed by atoms with van der Waals surface area (Å²) in [6.45, 7) is 0. The first kappa shape index (κ1) is 15.3. The van der Waals surface area contributed by atoms with Crippen molar-refractivity contribution in [3.8, 4) is 11.5 Å². The van der Waals surface area contributed by atoms with E-state index in [0.717, 1.165) is 15.8 Å². The van der Waals surface area contributed by atoms with Crippen LogP contribution in [0.3, 0.4) is 0 Å². The SMILES string of the molecule is O=C(Nc1nnc(-c2cccc(Br)c2)o1)c1ccc([N+](=O)[O-])s1. The Morgan fingerprint density at radius 2 is 2.13 bits per heavy atom. The van der Waals surface area contributed by atoms with E-state index in [4.69, 9.17) is 4.42 Å². The molecule has 0 atom stereocenters. The zero-order chi connectivity index (χ0) is 16.4. The fourth-order valence-corrected chi connectivity index (χ4v) is 2.83. The fraction of sp³-hybridized carbons (Fsp3) is 0. The van der Waals surface area contributed by atoms with Crippen molar-refractivity contribution < 1.29 is 14.1 Å². The van der Waals surface area contributed by atoms with Gasteiger partial charge in [0.1, 0.15) is 0 Å². The van der Waals surface area contributed by atoms with Gasteiger partial charge < -0.3 is 4.42 Å². The summed E-state index contributed by atoms with van der Waals surface area (Å²) in [5.74, 6) is -0.300. The normalized spacial score (nSPS) is 10.5. The number of rotatable bonds is 4. The van der Waals surface area contributed by atoms with Crippen molar-refractivity contribution in [2.45, 2.75) is 0 Å². The van der Waals surface area contributed by atoms with Crippen LogP contribution in [0.25, 0.3) is 11.5 Å². The van der Waals surface area contributed by atoms with E-state index in [1.165, 1.54) is 12.1 Å². The molecule has 0 bridgehead atoms. The number of nitrogens with one attached hydrogen (secondary N) is 1. The van der Waals surface area contributed by atoms with Gasteiger partial charge in [-0.05, 0) is 24.3 Å². The third-order valence-electron chi connectivity index (χ3n) is 2.71. The van der Waals surface area contributed by atoms with Gasteiger partial charge in [-0.3, -0.25) is 20.2 Å². The average Bonchev–Trinajstić information content (AvgIpc) is 3.16. The molecule has 0 spiro atoms. The lowest BCUT2D eigenvalue weighted by Crippen LogP contribution is -2.10. The Labute approximate surface area is 141 Å². The maximum atomic E-state index is 12.0. The number of halogens is 1. The Hall–Kier alpha value is -2.59. The van der Waals surface area contributed by atoms with Gasteiger partial charge in [0, 0.05) is 16.1 Å². The van der Waals surface area contributed by atoms with E-state index < -0.39 is 10.8 Å². The van der Waals surface area contributed by atoms with Crippen LogP contribution in [0.4, 0.5) is 11.0 Å². The number of thiophene rings is 1. The van der Waals surface area contributed by atoms with Crippen molar-refractivity contribution in [3.63, 3.8) is 0 Å². The summed E-state index contributed by atoms with van der Waals surface area (Å²) in [6, 6.07) is 9.79. The lowest BCUT2D eigenvalue weighted by Gasteiger charge is -1.97. The van der Waals surface area contributed by atoms with Crippen LogP contribution in [0.2, 0.25) is 0 Å². The van der Waals surface area contributed by atoms with Crippen molar-refractivity contribution >= 4 is 44.2 Å². The van der Waals surface area contributed by atoms with E-state index in [1.807, 2.05) is 12.1 Å². The summed E-state index contributed by atoms with van der Waals surface area (Å²) in [4.78, 5) is 22.2. The highest BCUT2D eigenvalue weighted by molar-refractivity contribution is 9.10. The van der Waals surface area contributed by atoms with E-state index in [-0.39, 0.29) is 21.8 Å². The molecule has 2 aromatic heterocycles. The molecule has 0 aliphatic rings. The molecule has 0 saturated heterocycles. The van der Waals surface area contributed by atoms with Crippen molar-refractivity contribution in [3.05, 3.63) is 55.9 Å². The molecular weight excluding hydrogens is 388 g/mol. The molecule has 1 N–H and O–H groups in total. The van der Waals surface area contributed by atoms with E-state index in [1.54, 1.807) is 12.1 Å². The summed E-state index contributed by atoms with van der Waals surface area (Å²) < 4.78 is 6.22. The smallest absolute Gasteiger partial charge is 0.324 e. The van der Waals surface area contributed by atoms with Gasteiger partial charge in [-0.1, -0.05) is 38.4 Å². The van der Waals surface area contributed by atoms with Gasteiger partial charge in [0.05, 0.1) is 9.80 Å². The summed E-state index contributed by atoms with van der Waals surface area (Å²) in [7, 11) is 0. The Morgan fingerprint density at radius 3 is 2.83 bits per heavy atom. The van der Waals surface area contributed by atoms with Crippen LogP contribution >= 0.6 is 27.3 Å². The third-order valence-corrected chi connectivity index (χ3v) is 4.24. The van der Waals surface area contributed by atoms with Gasteiger partial charge in [0.25, 0.3) is 5.91 Å². The minimum atomic E-state index is -0.556. The molecule has 0 fully saturated rings. The van der Waals surface area contributed by atoms with Crippen LogP contribution in [-0.2, 0) is 0 Å². The number of nitrogens with zero attached hydrogens (tertiary/aromatic N) is 3. The Morgan fingerprint density at radius 1 is 1.30 bits per heavy atom. The second kappa shape index (κ2) is 6.26. The molecule has 10 heteroatoms. The van der Waals surface area contributed by atoms with Crippen molar-refractivity contribution in [1.82, 2.24) is 10.2 Å². The van der Waals surface area contributed by atoms with Crippen molar-refractivity contribution in [2.24, 2.45) is 0 Å². The van der Waals surface area contributed by atoms with Crippen LogP contribution in [0.15, 0.2) is 45.3 Å². The predicted molar refractivity (Wildman–Crippen MR) is 86.4 cm³/mol. The van der Waals surface area contributed by atoms with Gasteiger partial charge in [-0.15, -0.1) is 5.10 Å². The summed E-state index contributed by atoms with van der Waals surface area (Å²) in [5, 5.41) is 20.5. The minimum Gasteiger partial charge on any atom is -0.403 e. The maximum absolute atomic E-state index is 12.0. The second-order valence-electron chi connectivity index (χ2n) is 4.27. The lowest BCUT2D eigenvalue weighted by molar-refractivity contribution is -0.380. The van der Waals surface area contributed by atoms with E-state index in [9.17, 15) is 14.9 Å². The fourth-order valence-electron chi connectivity index (χ4n) is 1.72. The van der Waals surface area contributed by atoms with Gasteiger partial charge in [0.2, 0.25) is 5.89 Å². The number of carbonyl (C=O) groups excluding carboxylic acids is 1. The van der Waals surface area contributed by atoms with Crippen LogP contribution in [0, 0.1) is 10.1 Å². The van der Waals surface area contributed by atoms with E-state index in [0.29, 0.717) is 5.56 Å². The van der Waals surface area contributed by atoms with Crippen molar-refractivity contribution in [1.29, 1.82) is 0 Å². The second-order valence-corrected chi connectivity index (χ2v) is 6.25. The average molecular weight is 395 g/mol. The van der Waals surface area contributed by atoms with Crippen LogP contribution in [0.1, 0.15) is 9.67 Å². The number of anilines is 1. The first-order valence-corrected chi connectivity index (χ1v) is 7.79. The molecule has 1 aromatic carbocycles. The number of benzene rings is 1. The molecule has 23 heavy (non-hydrogen) atoms. The minimum absolute atomic E-state index is 0.0824. The quantitative estimate of drug-likeness (QED) is 0.532. The predicted octanol–water partition coefficient (Wildman–Crippen LogP) is 3.72. The molecule has 0 unspecified atom stereocenters. The molecule has 3 rings (SSSR count). The highest BCUT2D eigenvalue weighted by Gasteiger charge is 2.17. The van der Waals surface area contributed by atoms with E-state index in [2.05, 4.69) is 31.4 Å². The molecule has 2 heterocycles. The monoisotopic (exact) mass is 394 g/mol. The molecule has 0 radical (unpaired) electrons. The summed E-state index contributed by atoms with van der Waals surface area (Å²) in [6.07, 6.45) is 0. The topological polar surface area (TPSA) is 111 Å². The number of carbonyl (C=O) groups is 1.